The Morgan fingerprint density at radius 3 is 1.90 bits per heavy atom. The van der Waals surface area contributed by atoms with Gasteiger partial charge in [-0.1, -0.05) is 51.9 Å². The maximum absolute atomic E-state index is 11.7. The average molecular weight is 319 g/mol. The molecule has 1 aliphatic heterocycles. The third-order valence-corrected chi connectivity index (χ3v) is 4.61. The molecule has 7 heteroatoms. The van der Waals surface area contributed by atoms with Crippen LogP contribution in [-0.2, 0) is 24.0 Å². The Labute approximate surface area is 126 Å². The monoisotopic (exact) mass is 319 g/mol. The first-order chi connectivity index (χ1) is 9.96. The molecule has 2 amide bonds. The van der Waals surface area contributed by atoms with Crippen LogP contribution >= 0.6 is 0 Å². The molecule has 0 atom stereocenters. The summed E-state index contributed by atoms with van der Waals surface area (Å²) >= 11 is 0. The van der Waals surface area contributed by atoms with Crippen LogP contribution in [0.2, 0.25) is 0 Å². The van der Waals surface area contributed by atoms with E-state index in [0.29, 0.717) is 11.5 Å². The van der Waals surface area contributed by atoms with E-state index in [-0.39, 0.29) is 18.6 Å². The largest absolute Gasteiger partial charge is 0.288 e. The number of nitrogens with zero attached hydrogens (tertiary/aromatic N) is 1. The minimum Gasteiger partial charge on any atom is -0.272 e. The lowest BCUT2D eigenvalue weighted by molar-refractivity contribution is -0.163. The van der Waals surface area contributed by atoms with E-state index >= 15 is 0 Å². The van der Waals surface area contributed by atoms with E-state index in [1.54, 1.807) is 0 Å². The number of unbranched alkanes of at least 4 members (excludes halogenated alkanes) is 7. The molecule has 0 bridgehead atoms. The van der Waals surface area contributed by atoms with Gasteiger partial charge in [-0.25, -0.2) is 0 Å². The first-order valence-electron chi connectivity index (χ1n) is 7.74. The number of hydroxylamine groups is 2. The molecule has 0 N–H and O–H groups in total. The molecular formula is C14H25NO5S. The van der Waals surface area contributed by atoms with Crippen molar-refractivity contribution in [1.82, 2.24) is 5.06 Å². The van der Waals surface area contributed by atoms with Gasteiger partial charge in [-0.15, -0.1) is 9.35 Å². The molecule has 0 aromatic rings. The normalized spacial score (nSPS) is 16.0. The number of imide groups is 1. The van der Waals surface area contributed by atoms with Gasteiger partial charge < -0.3 is 0 Å². The van der Waals surface area contributed by atoms with E-state index in [9.17, 15) is 18.0 Å². The molecule has 1 rings (SSSR count). The summed E-state index contributed by atoms with van der Waals surface area (Å²) in [6.07, 6.45) is 8.35. The number of hydrogen-bond acceptors (Lipinski definition) is 5. The Morgan fingerprint density at radius 1 is 0.905 bits per heavy atom. The lowest BCUT2D eigenvalue weighted by Gasteiger charge is -2.12. The Balaban J connectivity index is 2.15. The predicted molar refractivity (Wildman–Crippen MR) is 78.6 cm³/mol. The maximum Gasteiger partial charge on any atom is 0.288 e. The van der Waals surface area contributed by atoms with Crippen molar-refractivity contribution in [3.63, 3.8) is 0 Å². The van der Waals surface area contributed by atoms with Crippen LogP contribution in [0.5, 0.6) is 0 Å². The zero-order valence-corrected chi connectivity index (χ0v) is 13.5. The van der Waals surface area contributed by atoms with Crippen LogP contribution in [0.25, 0.3) is 0 Å². The quantitative estimate of drug-likeness (QED) is 0.432. The second-order valence-corrected chi connectivity index (χ2v) is 7.07. The summed E-state index contributed by atoms with van der Waals surface area (Å²) in [7, 11) is -3.85. The molecular weight excluding hydrogens is 294 g/mol. The molecule has 1 saturated heterocycles. The summed E-state index contributed by atoms with van der Waals surface area (Å²) in [6, 6.07) is 0. The van der Waals surface area contributed by atoms with E-state index in [2.05, 4.69) is 11.2 Å². The van der Waals surface area contributed by atoms with Gasteiger partial charge in [-0.05, 0) is 6.42 Å². The molecule has 0 aromatic carbocycles. The molecule has 0 aliphatic carbocycles. The minimum absolute atomic E-state index is 0.0200. The molecule has 122 valence electrons. The lowest BCUT2D eigenvalue weighted by atomic mass is 10.1. The van der Waals surface area contributed by atoms with Crippen LogP contribution in [0, 0.1) is 0 Å². The van der Waals surface area contributed by atoms with Gasteiger partial charge in [-0.2, -0.15) is 8.42 Å². The van der Waals surface area contributed by atoms with Crippen molar-refractivity contribution in [2.24, 2.45) is 0 Å². The predicted octanol–water partition coefficient (Wildman–Crippen LogP) is 2.54. The fourth-order valence-electron chi connectivity index (χ4n) is 2.20. The minimum atomic E-state index is -3.85. The smallest absolute Gasteiger partial charge is 0.272 e. The first-order valence-corrected chi connectivity index (χ1v) is 9.32. The van der Waals surface area contributed by atoms with Crippen LogP contribution in [0.1, 0.15) is 71.1 Å². The summed E-state index contributed by atoms with van der Waals surface area (Å²) < 4.78 is 28.0. The van der Waals surface area contributed by atoms with Crippen LogP contribution in [-0.4, -0.2) is 31.0 Å². The van der Waals surface area contributed by atoms with Gasteiger partial charge in [0.1, 0.15) is 0 Å². The molecule has 0 aromatic heterocycles. The van der Waals surface area contributed by atoms with Gasteiger partial charge in [0.2, 0.25) is 0 Å². The standard InChI is InChI=1S/C14H25NO5S/c1-2-3-4-5-6-7-8-9-12-21(18,19)20-15-13(16)10-11-14(15)17/h2-12H2,1H3. The Bertz CT molecular complexity index is 430. The number of carbonyl (C=O) groups is 2. The van der Waals surface area contributed by atoms with Crippen molar-refractivity contribution < 1.29 is 22.3 Å². The summed E-state index contributed by atoms with van der Waals surface area (Å²) in [5.41, 5.74) is 0. The second-order valence-electron chi connectivity index (χ2n) is 5.39. The van der Waals surface area contributed by atoms with Gasteiger partial charge in [-0.3, -0.25) is 9.59 Å². The molecule has 1 heterocycles. The number of rotatable bonds is 11. The van der Waals surface area contributed by atoms with Crippen molar-refractivity contribution in [2.75, 3.05) is 5.75 Å². The molecule has 0 unspecified atom stereocenters. The molecule has 1 aliphatic rings. The van der Waals surface area contributed by atoms with Gasteiger partial charge >= 0.3 is 0 Å². The van der Waals surface area contributed by atoms with Crippen LogP contribution in [0.15, 0.2) is 0 Å². The molecule has 0 saturated carbocycles. The fraction of sp³-hybridized carbons (Fsp3) is 0.857. The van der Waals surface area contributed by atoms with Crippen molar-refractivity contribution in [3.05, 3.63) is 0 Å². The highest BCUT2D eigenvalue weighted by molar-refractivity contribution is 7.86. The number of amides is 2. The zero-order valence-electron chi connectivity index (χ0n) is 12.7. The Kier molecular flexibility index (Phi) is 7.88. The topological polar surface area (TPSA) is 80.8 Å². The Hall–Kier alpha value is -0.950. The SMILES string of the molecule is CCCCCCCCCCS(=O)(=O)ON1C(=O)CCC1=O. The molecule has 0 spiro atoms. The highest BCUT2D eigenvalue weighted by Crippen LogP contribution is 2.15. The van der Waals surface area contributed by atoms with E-state index in [4.69, 9.17) is 0 Å². The van der Waals surface area contributed by atoms with Crippen molar-refractivity contribution >= 4 is 21.9 Å². The molecule has 21 heavy (non-hydrogen) atoms. The molecule has 0 radical (unpaired) electrons. The van der Waals surface area contributed by atoms with Gasteiger partial charge in [0.05, 0.1) is 5.75 Å². The average Bonchev–Trinajstić information content (AvgIpc) is 2.73. The summed E-state index contributed by atoms with van der Waals surface area (Å²) in [4.78, 5) is 22.6. The Morgan fingerprint density at radius 2 is 1.38 bits per heavy atom. The van der Waals surface area contributed by atoms with E-state index in [1.165, 1.54) is 25.7 Å². The fourth-order valence-corrected chi connectivity index (χ4v) is 3.23. The third kappa shape index (κ3) is 7.04. The van der Waals surface area contributed by atoms with Crippen molar-refractivity contribution in [1.29, 1.82) is 0 Å². The molecule has 1 fully saturated rings. The van der Waals surface area contributed by atoms with E-state index in [1.807, 2.05) is 0 Å². The lowest BCUT2D eigenvalue weighted by Crippen LogP contribution is -2.33. The van der Waals surface area contributed by atoms with Crippen LogP contribution in [0.3, 0.4) is 0 Å². The summed E-state index contributed by atoms with van der Waals surface area (Å²) in [5, 5.41) is 0.389. The molecule has 6 nitrogen and oxygen atoms in total. The highest BCUT2D eigenvalue weighted by Gasteiger charge is 2.34. The second kappa shape index (κ2) is 9.15. The number of hydrogen-bond donors (Lipinski definition) is 0. The zero-order chi connectivity index (χ0) is 15.7. The van der Waals surface area contributed by atoms with E-state index in [0.717, 1.165) is 19.3 Å². The van der Waals surface area contributed by atoms with Gasteiger partial charge in [0, 0.05) is 12.8 Å². The summed E-state index contributed by atoms with van der Waals surface area (Å²) in [5.74, 6) is -1.32. The van der Waals surface area contributed by atoms with Gasteiger partial charge in [0.15, 0.2) is 0 Å². The highest BCUT2D eigenvalue weighted by atomic mass is 32.2. The van der Waals surface area contributed by atoms with Crippen LogP contribution < -0.4 is 0 Å². The first kappa shape index (κ1) is 18.1. The van der Waals surface area contributed by atoms with Crippen LogP contribution in [0.4, 0.5) is 0 Å². The van der Waals surface area contributed by atoms with Crippen molar-refractivity contribution in [2.45, 2.75) is 71.1 Å². The van der Waals surface area contributed by atoms with Crippen molar-refractivity contribution in [3.8, 4) is 0 Å². The third-order valence-electron chi connectivity index (χ3n) is 3.44. The van der Waals surface area contributed by atoms with E-state index < -0.39 is 21.9 Å². The number of carbonyl (C=O) groups excluding carboxylic acids is 2. The van der Waals surface area contributed by atoms with Gasteiger partial charge in [0.25, 0.3) is 21.9 Å². The summed E-state index contributed by atoms with van der Waals surface area (Å²) in [6.45, 7) is 2.17. The maximum atomic E-state index is 11.7.